The van der Waals surface area contributed by atoms with Crippen LogP contribution < -0.4 is 0 Å². The molecule has 0 saturated carbocycles. The van der Waals surface area contributed by atoms with Crippen LogP contribution in [0.3, 0.4) is 0 Å². The molecule has 0 aliphatic carbocycles. The van der Waals surface area contributed by atoms with E-state index in [-0.39, 0.29) is 6.10 Å². The van der Waals surface area contributed by atoms with Gasteiger partial charge in [0.25, 0.3) is 0 Å². The minimum absolute atomic E-state index is 0.244. The van der Waals surface area contributed by atoms with Crippen LogP contribution in [0.25, 0.3) is 6.08 Å². The molecular weight excluding hydrogens is 318 g/mol. The van der Waals surface area contributed by atoms with E-state index in [1.807, 2.05) is 60.0 Å². The van der Waals surface area contributed by atoms with Crippen molar-refractivity contribution < 1.29 is 9.53 Å². The summed E-state index contributed by atoms with van der Waals surface area (Å²) in [5.74, 6) is -0.453. The van der Waals surface area contributed by atoms with Gasteiger partial charge in [-0.1, -0.05) is 48.6 Å². The third-order valence-corrected chi connectivity index (χ3v) is 4.46. The number of benzene rings is 1. The Morgan fingerprint density at radius 2 is 2.04 bits per heavy atom. The van der Waals surface area contributed by atoms with Crippen molar-refractivity contribution in [2.45, 2.75) is 32.8 Å². The van der Waals surface area contributed by atoms with Crippen LogP contribution in [-0.2, 0) is 16.0 Å². The Hall–Kier alpha value is -2.38. The molecule has 3 nitrogen and oxygen atoms in total. The van der Waals surface area contributed by atoms with E-state index < -0.39 is 11.4 Å². The highest BCUT2D eigenvalue weighted by Crippen LogP contribution is 2.31. The van der Waals surface area contributed by atoms with Crippen LogP contribution in [0.2, 0.25) is 0 Å². The number of carbonyl (C=O) groups excluding carboxylic acids is 1. The van der Waals surface area contributed by atoms with E-state index in [2.05, 4.69) is 6.07 Å². The molecule has 1 aromatic heterocycles. The Labute approximate surface area is 147 Å². The van der Waals surface area contributed by atoms with Crippen LogP contribution >= 0.6 is 11.3 Å². The van der Waals surface area contributed by atoms with Gasteiger partial charge in [0.15, 0.2) is 5.41 Å². The van der Waals surface area contributed by atoms with E-state index in [1.54, 1.807) is 25.2 Å². The van der Waals surface area contributed by atoms with Crippen molar-refractivity contribution in [3.63, 3.8) is 0 Å². The van der Waals surface area contributed by atoms with Crippen molar-refractivity contribution in [3.8, 4) is 6.07 Å². The standard InChI is InChI=1S/C20H21NO2S/c1-16(2)23-19(22)20(15-21,14-18-11-7-13-24-18)12-6-10-17-8-4-3-5-9-17/h3-11,13,16H,12,14H2,1-2H3/b10-6+/t20-/m1/s1. The molecule has 0 bridgehead atoms. The molecule has 2 rings (SSSR count). The first-order valence-electron chi connectivity index (χ1n) is 7.92. The number of ether oxygens (including phenoxy) is 1. The zero-order valence-corrected chi connectivity index (χ0v) is 14.8. The largest absolute Gasteiger partial charge is 0.462 e. The lowest BCUT2D eigenvalue weighted by atomic mass is 9.81. The number of nitrogens with zero attached hydrogens (tertiary/aromatic N) is 1. The van der Waals surface area contributed by atoms with Gasteiger partial charge in [0.1, 0.15) is 0 Å². The predicted molar refractivity (Wildman–Crippen MR) is 97.4 cm³/mol. The molecule has 4 heteroatoms. The molecule has 1 atom stereocenters. The lowest BCUT2D eigenvalue weighted by Crippen LogP contribution is -2.34. The maximum atomic E-state index is 12.6. The number of allylic oxidation sites excluding steroid dienone is 1. The van der Waals surface area contributed by atoms with Crippen LogP contribution in [-0.4, -0.2) is 12.1 Å². The maximum Gasteiger partial charge on any atom is 0.327 e. The van der Waals surface area contributed by atoms with E-state index in [9.17, 15) is 10.1 Å². The van der Waals surface area contributed by atoms with Crippen LogP contribution in [0.15, 0.2) is 53.9 Å². The molecule has 0 saturated heterocycles. The van der Waals surface area contributed by atoms with E-state index >= 15 is 0 Å². The van der Waals surface area contributed by atoms with Crippen LogP contribution in [0, 0.1) is 16.7 Å². The third kappa shape index (κ3) is 4.81. The van der Waals surface area contributed by atoms with Crippen LogP contribution in [0.1, 0.15) is 30.7 Å². The summed E-state index contributed by atoms with van der Waals surface area (Å²) in [6.07, 6.45) is 4.26. The Morgan fingerprint density at radius 3 is 2.62 bits per heavy atom. The molecule has 1 heterocycles. The van der Waals surface area contributed by atoms with E-state index in [4.69, 9.17) is 4.74 Å². The summed E-state index contributed by atoms with van der Waals surface area (Å²) in [5.41, 5.74) is -0.155. The first-order valence-corrected chi connectivity index (χ1v) is 8.80. The van der Waals surface area contributed by atoms with Gasteiger partial charge in [-0.2, -0.15) is 5.26 Å². The predicted octanol–water partition coefficient (Wildman–Crippen LogP) is 4.86. The van der Waals surface area contributed by atoms with Gasteiger partial charge >= 0.3 is 5.97 Å². The van der Waals surface area contributed by atoms with Crippen molar-refractivity contribution in [2.75, 3.05) is 0 Å². The molecule has 0 unspecified atom stereocenters. The molecule has 124 valence electrons. The van der Waals surface area contributed by atoms with E-state index in [1.165, 1.54) is 0 Å². The summed E-state index contributed by atoms with van der Waals surface area (Å²) in [7, 11) is 0. The van der Waals surface area contributed by atoms with Gasteiger partial charge < -0.3 is 4.74 Å². The molecule has 0 fully saturated rings. The van der Waals surface area contributed by atoms with Gasteiger partial charge in [-0.05, 0) is 37.3 Å². The fraction of sp³-hybridized carbons (Fsp3) is 0.300. The summed E-state index contributed by atoms with van der Waals surface area (Å²) in [4.78, 5) is 13.6. The molecule has 1 aromatic carbocycles. The molecule has 0 spiro atoms. The minimum Gasteiger partial charge on any atom is -0.462 e. The summed E-state index contributed by atoms with van der Waals surface area (Å²) >= 11 is 1.55. The monoisotopic (exact) mass is 339 g/mol. The molecule has 0 aliphatic heterocycles. The highest BCUT2D eigenvalue weighted by molar-refractivity contribution is 7.09. The second-order valence-electron chi connectivity index (χ2n) is 5.92. The Balaban J connectivity index is 2.22. The quantitative estimate of drug-likeness (QED) is 0.677. The first kappa shape index (κ1) is 18.0. The van der Waals surface area contributed by atoms with Gasteiger partial charge in [0.2, 0.25) is 0 Å². The van der Waals surface area contributed by atoms with Crippen molar-refractivity contribution in [2.24, 2.45) is 5.41 Å². The SMILES string of the molecule is CC(C)OC(=O)[C@](C#N)(C/C=C/c1ccccc1)Cc1cccs1. The van der Waals surface area contributed by atoms with E-state index in [0.717, 1.165) is 10.4 Å². The number of hydrogen-bond donors (Lipinski definition) is 0. The van der Waals surface area contributed by atoms with Gasteiger partial charge in [-0.25, -0.2) is 0 Å². The molecule has 0 radical (unpaired) electrons. The number of esters is 1. The van der Waals surface area contributed by atoms with Gasteiger partial charge in [0.05, 0.1) is 12.2 Å². The normalized spacial score (nSPS) is 13.6. The lowest BCUT2D eigenvalue weighted by molar-refractivity contribution is -0.156. The Morgan fingerprint density at radius 1 is 1.29 bits per heavy atom. The van der Waals surface area contributed by atoms with E-state index in [0.29, 0.717) is 12.8 Å². The smallest absolute Gasteiger partial charge is 0.327 e. The average molecular weight is 339 g/mol. The molecule has 0 aliphatic rings. The van der Waals surface area contributed by atoms with Crippen molar-refractivity contribution in [1.29, 1.82) is 5.26 Å². The molecule has 0 amide bonds. The fourth-order valence-corrected chi connectivity index (χ4v) is 3.18. The zero-order valence-electron chi connectivity index (χ0n) is 13.9. The molecular formula is C20H21NO2S. The molecule has 2 aromatic rings. The zero-order chi connectivity index (χ0) is 17.4. The van der Waals surface area contributed by atoms with Gasteiger partial charge in [-0.3, -0.25) is 4.79 Å². The lowest BCUT2D eigenvalue weighted by Gasteiger charge is -2.24. The molecule has 0 N–H and O–H groups in total. The summed E-state index contributed by atoms with van der Waals surface area (Å²) in [5, 5.41) is 11.7. The topological polar surface area (TPSA) is 50.1 Å². The van der Waals surface area contributed by atoms with Gasteiger partial charge in [-0.15, -0.1) is 11.3 Å². The third-order valence-electron chi connectivity index (χ3n) is 3.58. The highest BCUT2D eigenvalue weighted by atomic mass is 32.1. The number of hydrogen-bond acceptors (Lipinski definition) is 4. The summed E-state index contributed by atoms with van der Waals surface area (Å²) < 4.78 is 5.37. The molecule has 24 heavy (non-hydrogen) atoms. The Bertz CT molecular complexity index is 714. The van der Waals surface area contributed by atoms with Crippen LogP contribution in [0.5, 0.6) is 0 Å². The second kappa shape index (κ2) is 8.47. The maximum absolute atomic E-state index is 12.6. The van der Waals surface area contributed by atoms with Crippen molar-refractivity contribution in [3.05, 3.63) is 64.4 Å². The Kier molecular flexibility index (Phi) is 6.34. The summed E-state index contributed by atoms with van der Waals surface area (Å²) in [6, 6.07) is 15.9. The second-order valence-corrected chi connectivity index (χ2v) is 6.95. The van der Waals surface area contributed by atoms with Crippen molar-refractivity contribution in [1.82, 2.24) is 0 Å². The number of rotatable bonds is 7. The minimum atomic E-state index is -1.19. The number of thiophene rings is 1. The number of nitriles is 1. The summed E-state index contributed by atoms with van der Waals surface area (Å²) in [6.45, 7) is 3.59. The van der Waals surface area contributed by atoms with Gasteiger partial charge in [0, 0.05) is 11.3 Å². The van der Waals surface area contributed by atoms with Crippen molar-refractivity contribution >= 4 is 23.4 Å². The number of carbonyl (C=O) groups is 1. The fourth-order valence-electron chi connectivity index (χ4n) is 2.36. The highest BCUT2D eigenvalue weighted by Gasteiger charge is 2.40. The average Bonchev–Trinajstić information content (AvgIpc) is 3.07. The first-order chi connectivity index (χ1) is 11.6. The van der Waals surface area contributed by atoms with Crippen LogP contribution in [0.4, 0.5) is 0 Å².